The van der Waals surface area contributed by atoms with E-state index in [1.54, 1.807) is 6.07 Å². The number of halogens is 2. The quantitative estimate of drug-likeness (QED) is 0.611. The van der Waals surface area contributed by atoms with Crippen molar-refractivity contribution in [2.45, 2.75) is 34.1 Å². The second-order valence-corrected chi connectivity index (χ2v) is 6.31. The molecule has 116 valence electrons. The molecule has 0 fully saturated rings. The molecule has 4 heteroatoms. The molecule has 1 heterocycles. The molecule has 0 saturated heterocycles. The standard InChI is InChI=1S/C18H20Cl2N2/c1-6-11(2)7-12(3)18-13(4)14(5)21-22(18)17-9-15(19)8-16(20)10-17/h7-10H,2,6H2,1,3-5H3/b12-7+. The third kappa shape index (κ3) is 3.45. The van der Waals surface area contributed by atoms with E-state index in [9.17, 15) is 0 Å². The Labute approximate surface area is 142 Å². The number of nitrogens with zero attached hydrogens (tertiary/aromatic N) is 2. The second-order valence-electron chi connectivity index (χ2n) is 5.44. The van der Waals surface area contributed by atoms with E-state index in [0.717, 1.165) is 40.2 Å². The number of benzene rings is 1. The van der Waals surface area contributed by atoms with Crippen LogP contribution in [0.2, 0.25) is 10.0 Å². The number of hydrogen-bond acceptors (Lipinski definition) is 1. The van der Waals surface area contributed by atoms with Crippen molar-refractivity contribution in [3.63, 3.8) is 0 Å². The minimum atomic E-state index is 0.596. The number of aromatic nitrogens is 2. The highest BCUT2D eigenvalue weighted by Crippen LogP contribution is 2.28. The van der Waals surface area contributed by atoms with Crippen LogP contribution in [0, 0.1) is 13.8 Å². The molecule has 2 nitrogen and oxygen atoms in total. The minimum absolute atomic E-state index is 0.596. The van der Waals surface area contributed by atoms with Gasteiger partial charge in [0.05, 0.1) is 17.1 Å². The first kappa shape index (κ1) is 16.9. The molecule has 0 saturated carbocycles. The van der Waals surface area contributed by atoms with Crippen molar-refractivity contribution < 1.29 is 0 Å². The normalized spacial score (nSPS) is 11.8. The van der Waals surface area contributed by atoms with Gasteiger partial charge in [-0.1, -0.05) is 48.4 Å². The van der Waals surface area contributed by atoms with Crippen LogP contribution in [0.3, 0.4) is 0 Å². The van der Waals surface area contributed by atoms with Crippen LogP contribution >= 0.6 is 23.2 Å². The van der Waals surface area contributed by atoms with Gasteiger partial charge in [0.15, 0.2) is 0 Å². The molecule has 22 heavy (non-hydrogen) atoms. The molecular weight excluding hydrogens is 315 g/mol. The first-order valence-corrected chi connectivity index (χ1v) is 7.98. The molecule has 2 aromatic rings. The summed E-state index contributed by atoms with van der Waals surface area (Å²) in [5.41, 5.74) is 6.27. The molecular formula is C18H20Cl2N2. The molecule has 0 spiro atoms. The predicted octanol–water partition coefficient (Wildman–Crippen LogP) is 6.17. The van der Waals surface area contributed by atoms with Gasteiger partial charge in [0, 0.05) is 10.0 Å². The maximum atomic E-state index is 6.13. The lowest BCUT2D eigenvalue weighted by Gasteiger charge is -2.10. The number of hydrogen-bond donors (Lipinski definition) is 0. The Kier molecular flexibility index (Phi) is 5.15. The summed E-state index contributed by atoms with van der Waals surface area (Å²) in [5, 5.41) is 5.84. The van der Waals surface area contributed by atoms with Gasteiger partial charge in [-0.15, -0.1) is 0 Å². The summed E-state index contributed by atoms with van der Waals surface area (Å²) in [6, 6.07) is 5.45. The van der Waals surface area contributed by atoms with Gasteiger partial charge in [-0.2, -0.15) is 5.10 Å². The summed E-state index contributed by atoms with van der Waals surface area (Å²) >= 11 is 12.3. The molecule has 0 aliphatic heterocycles. The summed E-state index contributed by atoms with van der Waals surface area (Å²) < 4.78 is 1.90. The van der Waals surface area contributed by atoms with Crippen molar-refractivity contribution in [2.75, 3.05) is 0 Å². The van der Waals surface area contributed by atoms with E-state index >= 15 is 0 Å². The van der Waals surface area contributed by atoms with Crippen LogP contribution in [-0.4, -0.2) is 9.78 Å². The van der Waals surface area contributed by atoms with E-state index in [1.807, 2.05) is 23.7 Å². The SMILES string of the molecule is C=C(/C=C(\C)c1c(C)c(C)nn1-c1cc(Cl)cc(Cl)c1)CC. The van der Waals surface area contributed by atoms with Gasteiger partial charge in [-0.25, -0.2) is 4.68 Å². The zero-order valence-corrected chi connectivity index (χ0v) is 14.9. The van der Waals surface area contributed by atoms with Crippen LogP contribution in [0.25, 0.3) is 11.3 Å². The van der Waals surface area contributed by atoms with Gasteiger partial charge in [0.25, 0.3) is 0 Å². The fourth-order valence-corrected chi connectivity index (χ4v) is 2.91. The van der Waals surface area contributed by atoms with E-state index in [-0.39, 0.29) is 0 Å². The Morgan fingerprint density at radius 2 is 1.82 bits per heavy atom. The molecule has 2 rings (SSSR count). The molecule has 0 unspecified atom stereocenters. The van der Waals surface area contributed by atoms with E-state index in [4.69, 9.17) is 23.2 Å². The summed E-state index contributed by atoms with van der Waals surface area (Å²) in [5.74, 6) is 0. The van der Waals surface area contributed by atoms with E-state index in [2.05, 4.69) is 38.5 Å². The smallest absolute Gasteiger partial charge is 0.0729 e. The number of aryl methyl sites for hydroxylation is 1. The highest BCUT2D eigenvalue weighted by molar-refractivity contribution is 6.34. The molecule has 0 bridgehead atoms. The first-order chi connectivity index (χ1) is 10.3. The van der Waals surface area contributed by atoms with Crippen LogP contribution in [0.1, 0.15) is 37.2 Å². The molecule has 1 aromatic carbocycles. The molecule has 0 aliphatic rings. The zero-order chi connectivity index (χ0) is 16.4. The molecule has 0 N–H and O–H groups in total. The number of rotatable bonds is 4. The Morgan fingerprint density at radius 3 is 2.36 bits per heavy atom. The van der Waals surface area contributed by atoms with Crippen LogP contribution in [-0.2, 0) is 0 Å². The van der Waals surface area contributed by atoms with Crippen molar-refractivity contribution in [3.05, 3.63) is 63.4 Å². The monoisotopic (exact) mass is 334 g/mol. The van der Waals surface area contributed by atoms with Crippen molar-refractivity contribution >= 4 is 28.8 Å². The Bertz CT molecular complexity index is 734. The summed E-state index contributed by atoms with van der Waals surface area (Å²) in [6.07, 6.45) is 3.03. The lowest BCUT2D eigenvalue weighted by atomic mass is 10.0. The topological polar surface area (TPSA) is 17.8 Å². The van der Waals surface area contributed by atoms with Gasteiger partial charge in [0.1, 0.15) is 0 Å². The summed E-state index contributed by atoms with van der Waals surface area (Å²) in [4.78, 5) is 0. The third-order valence-electron chi connectivity index (χ3n) is 3.70. The van der Waals surface area contributed by atoms with Gasteiger partial charge in [0.2, 0.25) is 0 Å². The van der Waals surface area contributed by atoms with Gasteiger partial charge >= 0.3 is 0 Å². The van der Waals surface area contributed by atoms with Crippen molar-refractivity contribution in [3.8, 4) is 5.69 Å². The van der Waals surface area contributed by atoms with Crippen LogP contribution in [0.5, 0.6) is 0 Å². The van der Waals surface area contributed by atoms with Crippen molar-refractivity contribution in [1.29, 1.82) is 0 Å². The first-order valence-electron chi connectivity index (χ1n) is 7.22. The Morgan fingerprint density at radius 1 is 1.23 bits per heavy atom. The van der Waals surface area contributed by atoms with E-state index < -0.39 is 0 Å². The number of allylic oxidation sites excluding steroid dienone is 3. The maximum Gasteiger partial charge on any atom is 0.0729 e. The molecule has 0 radical (unpaired) electrons. The van der Waals surface area contributed by atoms with Gasteiger partial charge < -0.3 is 0 Å². The van der Waals surface area contributed by atoms with Crippen LogP contribution < -0.4 is 0 Å². The second kappa shape index (κ2) is 6.72. The lowest BCUT2D eigenvalue weighted by molar-refractivity contribution is 0.850. The van der Waals surface area contributed by atoms with Gasteiger partial charge in [-0.3, -0.25) is 0 Å². The predicted molar refractivity (Wildman–Crippen MR) is 96.1 cm³/mol. The largest absolute Gasteiger partial charge is 0.233 e. The molecule has 0 atom stereocenters. The average Bonchev–Trinajstić information content (AvgIpc) is 2.73. The van der Waals surface area contributed by atoms with Crippen molar-refractivity contribution in [2.24, 2.45) is 0 Å². The third-order valence-corrected chi connectivity index (χ3v) is 4.14. The van der Waals surface area contributed by atoms with E-state index in [1.165, 1.54) is 0 Å². The van der Waals surface area contributed by atoms with Gasteiger partial charge in [-0.05, 0) is 56.5 Å². The zero-order valence-electron chi connectivity index (χ0n) is 13.4. The molecule has 1 aromatic heterocycles. The summed E-state index contributed by atoms with van der Waals surface area (Å²) in [7, 11) is 0. The fraction of sp³-hybridized carbons (Fsp3) is 0.278. The fourth-order valence-electron chi connectivity index (χ4n) is 2.39. The Balaban J connectivity index is 2.65. The minimum Gasteiger partial charge on any atom is -0.233 e. The van der Waals surface area contributed by atoms with Crippen LogP contribution in [0.4, 0.5) is 0 Å². The summed E-state index contributed by atoms with van der Waals surface area (Å²) in [6.45, 7) is 12.3. The van der Waals surface area contributed by atoms with E-state index in [0.29, 0.717) is 10.0 Å². The maximum absolute atomic E-state index is 6.13. The molecule has 0 amide bonds. The van der Waals surface area contributed by atoms with Crippen LogP contribution in [0.15, 0.2) is 36.4 Å². The van der Waals surface area contributed by atoms with Crippen molar-refractivity contribution in [1.82, 2.24) is 9.78 Å². The highest BCUT2D eigenvalue weighted by Gasteiger charge is 2.15. The lowest BCUT2D eigenvalue weighted by Crippen LogP contribution is -2.02. The molecule has 0 aliphatic carbocycles. The Hall–Kier alpha value is -1.51. The highest BCUT2D eigenvalue weighted by atomic mass is 35.5. The average molecular weight is 335 g/mol.